The lowest BCUT2D eigenvalue weighted by atomic mass is 10.2. The Morgan fingerprint density at radius 1 is 1.65 bits per heavy atom. The van der Waals surface area contributed by atoms with Crippen molar-refractivity contribution in [3.63, 3.8) is 0 Å². The summed E-state index contributed by atoms with van der Waals surface area (Å²) in [7, 11) is 0. The molecule has 2 rings (SSSR count). The molecule has 5 heteroatoms. The van der Waals surface area contributed by atoms with Gasteiger partial charge >= 0.3 is 0 Å². The maximum Gasteiger partial charge on any atom is 0.272 e. The Balaban J connectivity index is 2.09. The molecule has 0 aliphatic carbocycles. The molecule has 1 atom stereocenters. The van der Waals surface area contributed by atoms with Crippen molar-refractivity contribution >= 4 is 11.7 Å². The van der Waals surface area contributed by atoms with Crippen LogP contribution in [0.15, 0.2) is 18.2 Å². The molecule has 1 saturated heterocycles. The minimum Gasteiger partial charge on any atom is -0.384 e. The van der Waals surface area contributed by atoms with Gasteiger partial charge in [-0.25, -0.2) is 4.98 Å². The van der Waals surface area contributed by atoms with Gasteiger partial charge in [-0.3, -0.25) is 4.79 Å². The maximum atomic E-state index is 12.2. The third-order valence-electron chi connectivity index (χ3n) is 2.87. The number of hydrogen-bond donors (Lipinski definition) is 1. The van der Waals surface area contributed by atoms with Gasteiger partial charge in [-0.15, -0.1) is 0 Å². The number of carbonyl (C=O) groups excluding carboxylic acids is 1. The van der Waals surface area contributed by atoms with Gasteiger partial charge in [0.05, 0.1) is 12.7 Å². The fourth-order valence-corrected chi connectivity index (χ4v) is 1.88. The second kappa shape index (κ2) is 5.14. The van der Waals surface area contributed by atoms with E-state index in [4.69, 9.17) is 10.5 Å². The molecule has 5 nitrogen and oxygen atoms in total. The van der Waals surface area contributed by atoms with E-state index in [-0.39, 0.29) is 12.0 Å². The van der Waals surface area contributed by atoms with Gasteiger partial charge in [0, 0.05) is 13.1 Å². The average Bonchev–Trinajstić information content (AvgIpc) is 2.38. The second-order valence-corrected chi connectivity index (χ2v) is 4.10. The number of rotatable bonds is 2. The summed E-state index contributed by atoms with van der Waals surface area (Å²) < 4.78 is 5.53. The Labute approximate surface area is 101 Å². The van der Waals surface area contributed by atoms with Crippen LogP contribution in [0.5, 0.6) is 0 Å². The average molecular weight is 235 g/mol. The molecule has 17 heavy (non-hydrogen) atoms. The minimum atomic E-state index is -0.0703. The highest BCUT2D eigenvalue weighted by Crippen LogP contribution is 2.12. The fourth-order valence-electron chi connectivity index (χ4n) is 1.88. The van der Waals surface area contributed by atoms with E-state index >= 15 is 0 Å². The molecule has 0 aromatic carbocycles. The van der Waals surface area contributed by atoms with E-state index in [1.807, 2.05) is 0 Å². The van der Waals surface area contributed by atoms with E-state index in [1.54, 1.807) is 23.1 Å². The SMILES string of the molecule is CCC1CN(C(=O)c2cccc(N)n2)CCO1. The Bertz CT molecular complexity index is 408. The Kier molecular flexibility index (Phi) is 3.58. The summed E-state index contributed by atoms with van der Waals surface area (Å²) in [5.74, 6) is 0.301. The number of anilines is 1. The molecule has 0 bridgehead atoms. The molecule has 2 N–H and O–H groups in total. The van der Waals surface area contributed by atoms with E-state index in [2.05, 4.69) is 11.9 Å². The fraction of sp³-hybridized carbons (Fsp3) is 0.500. The zero-order chi connectivity index (χ0) is 12.3. The Hall–Kier alpha value is -1.62. The Morgan fingerprint density at radius 2 is 2.47 bits per heavy atom. The quantitative estimate of drug-likeness (QED) is 0.827. The highest BCUT2D eigenvalue weighted by molar-refractivity contribution is 5.92. The first-order valence-electron chi connectivity index (χ1n) is 5.84. The third kappa shape index (κ3) is 2.74. The van der Waals surface area contributed by atoms with Gasteiger partial charge in [-0.05, 0) is 18.6 Å². The van der Waals surface area contributed by atoms with Gasteiger partial charge in [-0.2, -0.15) is 0 Å². The number of nitrogen functional groups attached to an aromatic ring is 1. The van der Waals surface area contributed by atoms with Crippen molar-refractivity contribution < 1.29 is 9.53 Å². The molecule has 1 aromatic rings. The van der Waals surface area contributed by atoms with E-state index in [0.29, 0.717) is 31.2 Å². The number of nitrogens with zero attached hydrogens (tertiary/aromatic N) is 2. The van der Waals surface area contributed by atoms with Crippen LogP contribution in [0.2, 0.25) is 0 Å². The predicted molar refractivity (Wildman–Crippen MR) is 64.6 cm³/mol. The predicted octanol–water partition coefficient (Wildman–Crippen LogP) is 0.915. The molecular formula is C12H17N3O2. The van der Waals surface area contributed by atoms with Crippen LogP contribution in [-0.2, 0) is 4.74 Å². The molecule has 1 aromatic heterocycles. The standard InChI is InChI=1S/C12H17N3O2/c1-2-9-8-15(6-7-17-9)12(16)10-4-3-5-11(13)14-10/h3-5,9H,2,6-8H2,1H3,(H2,13,14). The van der Waals surface area contributed by atoms with Crippen molar-refractivity contribution in [1.82, 2.24) is 9.88 Å². The minimum absolute atomic E-state index is 0.0703. The third-order valence-corrected chi connectivity index (χ3v) is 2.87. The second-order valence-electron chi connectivity index (χ2n) is 4.10. The summed E-state index contributed by atoms with van der Waals surface area (Å²) in [5.41, 5.74) is 5.98. The number of carbonyl (C=O) groups is 1. The lowest BCUT2D eigenvalue weighted by Crippen LogP contribution is -2.45. The molecule has 0 spiro atoms. The largest absolute Gasteiger partial charge is 0.384 e. The molecule has 1 amide bonds. The van der Waals surface area contributed by atoms with Crippen LogP contribution in [0.3, 0.4) is 0 Å². The monoisotopic (exact) mass is 235 g/mol. The molecule has 1 unspecified atom stereocenters. The lowest BCUT2D eigenvalue weighted by Gasteiger charge is -2.32. The number of hydrogen-bond acceptors (Lipinski definition) is 4. The van der Waals surface area contributed by atoms with Crippen molar-refractivity contribution in [2.75, 3.05) is 25.4 Å². The molecular weight excluding hydrogens is 218 g/mol. The number of ether oxygens (including phenoxy) is 1. The van der Waals surface area contributed by atoms with E-state index in [9.17, 15) is 4.79 Å². The van der Waals surface area contributed by atoms with E-state index < -0.39 is 0 Å². The number of pyridine rings is 1. The molecule has 2 heterocycles. The zero-order valence-corrected chi connectivity index (χ0v) is 9.93. The summed E-state index contributed by atoms with van der Waals surface area (Å²) in [6.45, 7) is 3.89. The smallest absolute Gasteiger partial charge is 0.272 e. The number of amides is 1. The van der Waals surface area contributed by atoms with Gasteiger partial charge in [0.15, 0.2) is 0 Å². The first-order chi connectivity index (χ1) is 8.20. The van der Waals surface area contributed by atoms with Crippen LogP contribution in [-0.4, -0.2) is 41.6 Å². The van der Waals surface area contributed by atoms with Crippen LogP contribution >= 0.6 is 0 Å². The van der Waals surface area contributed by atoms with Crippen LogP contribution in [0.1, 0.15) is 23.8 Å². The molecule has 1 fully saturated rings. The van der Waals surface area contributed by atoms with Crippen LogP contribution in [0, 0.1) is 0 Å². The molecule has 0 radical (unpaired) electrons. The molecule has 92 valence electrons. The van der Waals surface area contributed by atoms with Crippen molar-refractivity contribution in [1.29, 1.82) is 0 Å². The first kappa shape index (κ1) is 11.9. The number of aromatic nitrogens is 1. The summed E-state index contributed by atoms with van der Waals surface area (Å²) in [6, 6.07) is 5.10. The first-order valence-corrected chi connectivity index (χ1v) is 5.84. The van der Waals surface area contributed by atoms with Crippen LogP contribution < -0.4 is 5.73 Å². The normalized spacial score (nSPS) is 20.3. The molecule has 1 aliphatic heterocycles. The zero-order valence-electron chi connectivity index (χ0n) is 9.93. The Morgan fingerprint density at radius 3 is 3.18 bits per heavy atom. The van der Waals surface area contributed by atoms with Gasteiger partial charge in [0.1, 0.15) is 11.5 Å². The van der Waals surface area contributed by atoms with E-state index in [0.717, 1.165) is 6.42 Å². The van der Waals surface area contributed by atoms with Crippen LogP contribution in [0.4, 0.5) is 5.82 Å². The van der Waals surface area contributed by atoms with E-state index in [1.165, 1.54) is 0 Å². The summed E-state index contributed by atoms with van der Waals surface area (Å²) in [4.78, 5) is 18.0. The number of nitrogens with two attached hydrogens (primary N) is 1. The highest BCUT2D eigenvalue weighted by Gasteiger charge is 2.24. The summed E-state index contributed by atoms with van der Waals surface area (Å²) in [6.07, 6.45) is 1.04. The maximum absolute atomic E-state index is 12.2. The summed E-state index contributed by atoms with van der Waals surface area (Å²) in [5, 5.41) is 0. The van der Waals surface area contributed by atoms with Gasteiger partial charge in [0.2, 0.25) is 0 Å². The lowest BCUT2D eigenvalue weighted by molar-refractivity contribution is -0.0228. The van der Waals surface area contributed by atoms with Crippen molar-refractivity contribution in [2.24, 2.45) is 0 Å². The van der Waals surface area contributed by atoms with Crippen molar-refractivity contribution in [2.45, 2.75) is 19.4 Å². The van der Waals surface area contributed by atoms with Crippen molar-refractivity contribution in [3.05, 3.63) is 23.9 Å². The highest BCUT2D eigenvalue weighted by atomic mass is 16.5. The van der Waals surface area contributed by atoms with Crippen LogP contribution in [0.25, 0.3) is 0 Å². The number of morpholine rings is 1. The summed E-state index contributed by atoms with van der Waals surface area (Å²) >= 11 is 0. The van der Waals surface area contributed by atoms with Crippen molar-refractivity contribution in [3.8, 4) is 0 Å². The van der Waals surface area contributed by atoms with Gasteiger partial charge < -0.3 is 15.4 Å². The molecule has 1 aliphatic rings. The topological polar surface area (TPSA) is 68.5 Å². The van der Waals surface area contributed by atoms with Gasteiger partial charge in [0.25, 0.3) is 5.91 Å². The van der Waals surface area contributed by atoms with Gasteiger partial charge in [-0.1, -0.05) is 13.0 Å². The molecule has 0 saturated carbocycles.